The Hall–Kier alpha value is -1.78. The Morgan fingerprint density at radius 1 is 1.14 bits per heavy atom. The van der Waals surface area contributed by atoms with Gasteiger partial charge >= 0.3 is 0 Å². The maximum Gasteiger partial charge on any atom is 0.288 e. The van der Waals surface area contributed by atoms with Crippen LogP contribution in [0.25, 0.3) is 0 Å². The molecule has 21 heavy (non-hydrogen) atoms. The van der Waals surface area contributed by atoms with Gasteiger partial charge in [0.1, 0.15) is 5.02 Å². The third-order valence-electron chi connectivity index (χ3n) is 3.26. The van der Waals surface area contributed by atoms with Gasteiger partial charge in [0.2, 0.25) is 0 Å². The summed E-state index contributed by atoms with van der Waals surface area (Å²) >= 11 is 11.9. The van der Waals surface area contributed by atoms with E-state index < -0.39 is 4.92 Å². The maximum atomic E-state index is 10.8. The van der Waals surface area contributed by atoms with Crippen LogP contribution in [0.1, 0.15) is 16.7 Å². The minimum Gasteiger partial charge on any atom is -0.381 e. The van der Waals surface area contributed by atoms with Gasteiger partial charge in [0, 0.05) is 23.3 Å². The van der Waals surface area contributed by atoms with Gasteiger partial charge in [0.15, 0.2) is 0 Å². The fourth-order valence-electron chi connectivity index (χ4n) is 2.04. The van der Waals surface area contributed by atoms with Crippen LogP contribution in [-0.2, 0) is 6.54 Å². The van der Waals surface area contributed by atoms with Crippen LogP contribution in [-0.4, -0.2) is 4.92 Å². The topological polar surface area (TPSA) is 55.2 Å². The average Bonchev–Trinajstić information content (AvgIpc) is 2.40. The molecule has 0 fully saturated rings. The molecule has 0 spiro atoms. The summed E-state index contributed by atoms with van der Waals surface area (Å²) in [6.45, 7) is 4.39. The molecule has 0 unspecified atom stereocenters. The van der Waals surface area contributed by atoms with E-state index in [1.54, 1.807) is 13.0 Å². The predicted molar refractivity (Wildman–Crippen MR) is 86.4 cm³/mol. The summed E-state index contributed by atoms with van der Waals surface area (Å²) in [5, 5.41) is 14.9. The standard InChI is InChI=1S/C15H14Cl2N2O2/c1-9-5-12(16)4-3-11(9)8-18-14-7-13(17)15(19(20)21)6-10(14)2/h3-7,18H,8H2,1-2H3. The van der Waals surface area contributed by atoms with Crippen molar-refractivity contribution in [1.29, 1.82) is 0 Å². The molecule has 0 aliphatic carbocycles. The third-order valence-corrected chi connectivity index (χ3v) is 3.80. The van der Waals surface area contributed by atoms with Crippen molar-refractivity contribution >= 4 is 34.6 Å². The van der Waals surface area contributed by atoms with E-state index in [1.807, 2.05) is 25.1 Å². The zero-order valence-corrected chi connectivity index (χ0v) is 13.1. The number of rotatable bonds is 4. The van der Waals surface area contributed by atoms with E-state index in [2.05, 4.69) is 5.32 Å². The van der Waals surface area contributed by atoms with Gasteiger partial charge in [-0.05, 0) is 48.7 Å². The van der Waals surface area contributed by atoms with Crippen molar-refractivity contribution in [3.8, 4) is 0 Å². The molecule has 2 aromatic rings. The van der Waals surface area contributed by atoms with Crippen molar-refractivity contribution in [3.05, 3.63) is 67.2 Å². The molecule has 0 heterocycles. The Bertz CT molecular complexity index is 702. The van der Waals surface area contributed by atoms with Gasteiger partial charge in [0.25, 0.3) is 5.69 Å². The van der Waals surface area contributed by atoms with Crippen molar-refractivity contribution < 1.29 is 4.92 Å². The Morgan fingerprint density at radius 2 is 1.86 bits per heavy atom. The molecule has 0 aliphatic heterocycles. The number of aryl methyl sites for hydroxylation is 2. The summed E-state index contributed by atoms with van der Waals surface area (Å²) in [6.07, 6.45) is 0. The average molecular weight is 325 g/mol. The molecule has 0 atom stereocenters. The summed E-state index contributed by atoms with van der Waals surface area (Å²) in [5.74, 6) is 0. The molecule has 4 nitrogen and oxygen atoms in total. The smallest absolute Gasteiger partial charge is 0.288 e. The van der Waals surface area contributed by atoms with Crippen molar-refractivity contribution in [2.75, 3.05) is 5.32 Å². The number of nitrogens with zero attached hydrogens (tertiary/aromatic N) is 1. The summed E-state index contributed by atoms with van der Waals surface area (Å²) in [7, 11) is 0. The summed E-state index contributed by atoms with van der Waals surface area (Å²) in [4.78, 5) is 10.3. The van der Waals surface area contributed by atoms with Crippen molar-refractivity contribution in [2.24, 2.45) is 0 Å². The Kier molecular flexibility index (Phi) is 4.70. The zero-order valence-electron chi connectivity index (χ0n) is 11.6. The molecule has 0 radical (unpaired) electrons. The first kappa shape index (κ1) is 15.6. The van der Waals surface area contributed by atoms with Crippen LogP contribution >= 0.6 is 23.2 Å². The van der Waals surface area contributed by atoms with Crippen LogP contribution in [0.5, 0.6) is 0 Å². The maximum absolute atomic E-state index is 10.8. The first-order valence-electron chi connectivity index (χ1n) is 6.32. The summed E-state index contributed by atoms with van der Waals surface area (Å²) < 4.78 is 0. The number of nitro benzene ring substituents is 1. The fraction of sp³-hybridized carbons (Fsp3) is 0.200. The lowest BCUT2D eigenvalue weighted by Crippen LogP contribution is -2.03. The second kappa shape index (κ2) is 6.33. The van der Waals surface area contributed by atoms with Gasteiger partial charge in [-0.1, -0.05) is 29.3 Å². The highest BCUT2D eigenvalue weighted by molar-refractivity contribution is 6.33. The SMILES string of the molecule is Cc1cc(Cl)ccc1CNc1cc(Cl)c([N+](=O)[O-])cc1C. The van der Waals surface area contributed by atoms with E-state index in [9.17, 15) is 10.1 Å². The molecule has 0 aliphatic rings. The first-order chi connectivity index (χ1) is 9.88. The fourth-order valence-corrected chi connectivity index (χ4v) is 2.50. The van der Waals surface area contributed by atoms with Crippen LogP contribution in [0.4, 0.5) is 11.4 Å². The van der Waals surface area contributed by atoms with Crippen molar-refractivity contribution in [3.63, 3.8) is 0 Å². The second-order valence-electron chi connectivity index (χ2n) is 4.80. The van der Waals surface area contributed by atoms with E-state index >= 15 is 0 Å². The van der Waals surface area contributed by atoms with Gasteiger partial charge in [-0.25, -0.2) is 0 Å². The molecule has 0 bridgehead atoms. The summed E-state index contributed by atoms with van der Waals surface area (Å²) in [6, 6.07) is 8.74. The molecular formula is C15H14Cl2N2O2. The van der Waals surface area contributed by atoms with E-state index in [-0.39, 0.29) is 10.7 Å². The lowest BCUT2D eigenvalue weighted by Gasteiger charge is -2.12. The van der Waals surface area contributed by atoms with Crippen molar-refractivity contribution in [1.82, 2.24) is 0 Å². The van der Waals surface area contributed by atoms with Crippen LogP contribution in [0.15, 0.2) is 30.3 Å². The monoisotopic (exact) mass is 324 g/mol. The molecule has 2 rings (SSSR count). The van der Waals surface area contributed by atoms with Crippen LogP contribution in [0, 0.1) is 24.0 Å². The Labute approximate surface area is 132 Å². The lowest BCUT2D eigenvalue weighted by atomic mass is 10.1. The van der Waals surface area contributed by atoms with Gasteiger partial charge in [-0.3, -0.25) is 10.1 Å². The number of nitro groups is 1. The number of hydrogen-bond donors (Lipinski definition) is 1. The van der Waals surface area contributed by atoms with Crippen molar-refractivity contribution in [2.45, 2.75) is 20.4 Å². The minimum atomic E-state index is -0.484. The van der Waals surface area contributed by atoms with Gasteiger partial charge in [0.05, 0.1) is 4.92 Å². The van der Waals surface area contributed by atoms with Gasteiger partial charge in [-0.2, -0.15) is 0 Å². The highest BCUT2D eigenvalue weighted by atomic mass is 35.5. The van der Waals surface area contributed by atoms with Crippen LogP contribution in [0.3, 0.4) is 0 Å². The normalized spacial score (nSPS) is 10.5. The number of nitrogens with one attached hydrogen (secondary N) is 1. The number of benzene rings is 2. The highest BCUT2D eigenvalue weighted by Gasteiger charge is 2.14. The zero-order chi connectivity index (χ0) is 15.6. The minimum absolute atomic E-state index is 0.0811. The lowest BCUT2D eigenvalue weighted by molar-refractivity contribution is -0.384. The molecule has 0 aromatic heterocycles. The van der Waals surface area contributed by atoms with Gasteiger partial charge in [-0.15, -0.1) is 0 Å². The summed E-state index contributed by atoms with van der Waals surface area (Å²) in [5.41, 5.74) is 3.66. The molecule has 2 aromatic carbocycles. The third kappa shape index (κ3) is 3.65. The van der Waals surface area contributed by atoms with E-state index in [1.165, 1.54) is 6.07 Å². The molecular weight excluding hydrogens is 311 g/mol. The quantitative estimate of drug-likeness (QED) is 0.626. The molecule has 0 saturated heterocycles. The first-order valence-corrected chi connectivity index (χ1v) is 7.07. The molecule has 110 valence electrons. The van der Waals surface area contributed by atoms with Crippen LogP contribution in [0.2, 0.25) is 10.0 Å². The second-order valence-corrected chi connectivity index (χ2v) is 5.64. The largest absolute Gasteiger partial charge is 0.381 e. The van der Waals surface area contributed by atoms with Crippen LogP contribution < -0.4 is 5.32 Å². The van der Waals surface area contributed by atoms with E-state index in [4.69, 9.17) is 23.2 Å². The van der Waals surface area contributed by atoms with E-state index in [0.717, 1.165) is 22.4 Å². The van der Waals surface area contributed by atoms with Gasteiger partial charge < -0.3 is 5.32 Å². The molecule has 1 N–H and O–H groups in total. The van der Waals surface area contributed by atoms with E-state index in [0.29, 0.717) is 11.6 Å². The Morgan fingerprint density at radius 3 is 2.48 bits per heavy atom. The number of hydrogen-bond acceptors (Lipinski definition) is 3. The molecule has 0 saturated carbocycles. The number of anilines is 1. The highest BCUT2D eigenvalue weighted by Crippen LogP contribution is 2.31. The molecule has 0 amide bonds. The predicted octanol–water partition coefficient (Wildman–Crippen LogP) is 5.13. The number of halogens is 2. The molecule has 6 heteroatoms. The Balaban J connectivity index is 2.20.